The van der Waals surface area contributed by atoms with E-state index in [1.54, 1.807) is 0 Å². The Bertz CT molecular complexity index is 836. The molecule has 1 aliphatic carbocycles. The molecule has 1 fully saturated rings. The van der Waals surface area contributed by atoms with E-state index in [4.69, 9.17) is 4.74 Å². The summed E-state index contributed by atoms with van der Waals surface area (Å²) in [4.78, 5) is 25.7. The number of carboxylic acid groups (broad SMARTS) is 1. The quantitative estimate of drug-likeness (QED) is 0.872. The van der Waals surface area contributed by atoms with E-state index in [-0.39, 0.29) is 12.3 Å². The molecule has 1 aromatic carbocycles. The normalized spacial score (nSPS) is 17.3. The number of amides is 1. The summed E-state index contributed by atoms with van der Waals surface area (Å²) in [7, 11) is 0. The van der Waals surface area contributed by atoms with E-state index < -0.39 is 11.5 Å². The number of rotatable bonds is 4. The minimum atomic E-state index is -0.866. The molecule has 0 radical (unpaired) electrons. The zero-order valence-corrected chi connectivity index (χ0v) is 14.5. The van der Waals surface area contributed by atoms with Gasteiger partial charge in [0, 0.05) is 16.0 Å². The van der Waals surface area contributed by atoms with E-state index in [1.807, 2.05) is 30.3 Å². The average Bonchev–Trinajstić information content (AvgIpc) is 3.21. The Morgan fingerprint density at radius 3 is 2.76 bits per heavy atom. The van der Waals surface area contributed by atoms with Gasteiger partial charge in [0.1, 0.15) is 12.4 Å². The number of nitrogens with one attached hydrogen (secondary N) is 1. The summed E-state index contributed by atoms with van der Waals surface area (Å²) in [5.74, 6) is -0.211. The second kappa shape index (κ2) is 6.19. The number of thiophene rings is 1. The van der Waals surface area contributed by atoms with Gasteiger partial charge in [-0.25, -0.2) is 0 Å². The van der Waals surface area contributed by atoms with Crippen LogP contribution in [0.1, 0.15) is 47.3 Å². The number of carbonyl (C=O) groups excluding carboxylic acids is 1. The minimum Gasteiger partial charge on any atom is -0.488 e. The maximum atomic E-state index is 12.8. The first-order valence-corrected chi connectivity index (χ1v) is 9.27. The number of aliphatic carboxylic acids is 1. The fraction of sp³-hybridized carbons (Fsp3) is 0.368. The van der Waals surface area contributed by atoms with Gasteiger partial charge in [0.2, 0.25) is 0 Å². The number of fused-ring (bicyclic) bond motifs is 3. The standard InChI is InChI=1S/C19H19NO4S/c21-16(22)10-19(7-3-4-8-19)20-18(23)15-9-12-11-24-14-6-2-1-5-13(14)17(12)25-15/h1-2,5-6,9H,3-4,7-8,10-11H2,(H,20,23)(H,21,22). The van der Waals surface area contributed by atoms with Crippen molar-refractivity contribution in [2.45, 2.75) is 44.2 Å². The van der Waals surface area contributed by atoms with E-state index in [2.05, 4.69) is 5.32 Å². The van der Waals surface area contributed by atoms with Crippen molar-refractivity contribution in [3.63, 3.8) is 0 Å². The summed E-state index contributed by atoms with van der Waals surface area (Å²) in [6.45, 7) is 0.455. The van der Waals surface area contributed by atoms with E-state index >= 15 is 0 Å². The van der Waals surface area contributed by atoms with E-state index in [9.17, 15) is 14.7 Å². The van der Waals surface area contributed by atoms with Crippen LogP contribution in [0.15, 0.2) is 30.3 Å². The molecule has 2 N–H and O–H groups in total. The van der Waals surface area contributed by atoms with Crippen molar-refractivity contribution in [3.05, 3.63) is 40.8 Å². The molecule has 25 heavy (non-hydrogen) atoms. The number of hydrogen-bond acceptors (Lipinski definition) is 4. The molecule has 130 valence electrons. The Hall–Kier alpha value is -2.34. The van der Waals surface area contributed by atoms with Crippen molar-refractivity contribution in [3.8, 4) is 16.2 Å². The highest BCUT2D eigenvalue weighted by Gasteiger charge is 2.38. The van der Waals surface area contributed by atoms with Gasteiger partial charge in [-0.15, -0.1) is 11.3 Å². The largest absolute Gasteiger partial charge is 0.488 e. The zero-order valence-electron chi connectivity index (χ0n) is 13.7. The second-order valence-corrected chi connectivity index (χ2v) is 7.81. The second-order valence-electron chi connectivity index (χ2n) is 6.76. The Morgan fingerprint density at radius 1 is 1.24 bits per heavy atom. The molecular weight excluding hydrogens is 338 g/mol. The minimum absolute atomic E-state index is 0.0181. The number of hydrogen-bond donors (Lipinski definition) is 2. The molecule has 1 aromatic heterocycles. The molecule has 6 heteroatoms. The third-order valence-electron chi connectivity index (χ3n) is 4.98. The molecule has 1 amide bonds. The highest BCUT2D eigenvalue weighted by molar-refractivity contribution is 7.17. The van der Waals surface area contributed by atoms with Crippen LogP contribution in [0.25, 0.3) is 10.4 Å². The summed E-state index contributed by atoms with van der Waals surface area (Å²) in [6, 6.07) is 9.68. The van der Waals surface area contributed by atoms with Gasteiger partial charge in [0.05, 0.1) is 16.8 Å². The van der Waals surface area contributed by atoms with Gasteiger partial charge >= 0.3 is 5.97 Å². The molecule has 2 aliphatic rings. The lowest BCUT2D eigenvalue weighted by Crippen LogP contribution is -2.47. The molecule has 0 bridgehead atoms. The van der Waals surface area contributed by atoms with Gasteiger partial charge in [-0.05, 0) is 31.0 Å². The molecule has 1 aliphatic heterocycles. The Morgan fingerprint density at radius 2 is 2.00 bits per heavy atom. The summed E-state index contributed by atoms with van der Waals surface area (Å²) >= 11 is 1.45. The number of carboxylic acids is 1. The molecule has 0 saturated heterocycles. The number of ether oxygens (including phenoxy) is 1. The Kier molecular flexibility index (Phi) is 4.00. The van der Waals surface area contributed by atoms with Crippen LogP contribution in [-0.4, -0.2) is 22.5 Å². The molecule has 1 saturated carbocycles. The smallest absolute Gasteiger partial charge is 0.305 e. The molecule has 0 atom stereocenters. The average molecular weight is 357 g/mol. The van der Waals surface area contributed by atoms with Crippen LogP contribution in [0, 0.1) is 0 Å². The summed E-state index contributed by atoms with van der Waals surface area (Å²) in [5, 5.41) is 12.2. The lowest BCUT2D eigenvalue weighted by molar-refractivity contribution is -0.138. The van der Waals surface area contributed by atoms with Gasteiger partial charge in [0.25, 0.3) is 5.91 Å². The first-order chi connectivity index (χ1) is 12.1. The summed E-state index contributed by atoms with van der Waals surface area (Å²) in [6.07, 6.45) is 3.34. The van der Waals surface area contributed by atoms with E-state index in [0.717, 1.165) is 47.4 Å². The van der Waals surface area contributed by atoms with Crippen LogP contribution in [0.5, 0.6) is 5.75 Å². The number of para-hydroxylation sites is 1. The highest BCUT2D eigenvalue weighted by atomic mass is 32.1. The van der Waals surface area contributed by atoms with Gasteiger partial charge in [0.15, 0.2) is 0 Å². The topological polar surface area (TPSA) is 75.6 Å². The van der Waals surface area contributed by atoms with Crippen molar-refractivity contribution < 1.29 is 19.4 Å². The predicted molar refractivity (Wildman–Crippen MR) is 95.0 cm³/mol. The monoisotopic (exact) mass is 357 g/mol. The fourth-order valence-corrected chi connectivity index (χ4v) is 4.89. The molecule has 0 unspecified atom stereocenters. The lowest BCUT2D eigenvalue weighted by Gasteiger charge is -2.28. The third-order valence-corrected chi connectivity index (χ3v) is 6.19. The van der Waals surface area contributed by atoms with Crippen LogP contribution >= 0.6 is 11.3 Å². The summed E-state index contributed by atoms with van der Waals surface area (Å²) < 4.78 is 5.75. The van der Waals surface area contributed by atoms with Crippen LogP contribution in [0.2, 0.25) is 0 Å². The third kappa shape index (κ3) is 3.02. The first kappa shape index (κ1) is 16.1. The zero-order chi connectivity index (χ0) is 17.4. The molecule has 5 nitrogen and oxygen atoms in total. The fourth-order valence-electron chi connectivity index (χ4n) is 3.80. The SMILES string of the molecule is O=C(O)CC1(NC(=O)c2cc3c(s2)-c2ccccc2OC3)CCCC1. The van der Waals surface area contributed by atoms with Crippen molar-refractivity contribution in [2.24, 2.45) is 0 Å². The molecular formula is C19H19NO4S. The predicted octanol–water partition coefficient (Wildman–Crippen LogP) is 3.82. The molecule has 4 rings (SSSR count). The highest BCUT2D eigenvalue weighted by Crippen LogP contribution is 2.42. The van der Waals surface area contributed by atoms with E-state index in [1.165, 1.54) is 11.3 Å². The van der Waals surface area contributed by atoms with Crippen molar-refractivity contribution in [2.75, 3.05) is 0 Å². The number of carbonyl (C=O) groups is 2. The first-order valence-electron chi connectivity index (χ1n) is 8.46. The van der Waals surface area contributed by atoms with Crippen LogP contribution in [0.3, 0.4) is 0 Å². The van der Waals surface area contributed by atoms with Gasteiger partial charge < -0.3 is 15.2 Å². The Balaban J connectivity index is 1.60. The van der Waals surface area contributed by atoms with Crippen molar-refractivity contribution >= 4 is 23.2 Å². The van der Waals surface area contributed by atoms with Gasteiger partial charge in [-0.3, -0.25) is 9.59 Å². The number of benzene rings is 1. The van der Waals surface area contributed by atoms with Crippen LogP contribution in [0.4, 0.5) is 0 Å². The maximum Gasteiger partial charge on any atom is 0.305 e. The molecule has 2 heterocycles. The van der Waals surface area contributed by atoms with Crippen LogP contribution < -0.4 is 10.1 Å². The van der Waals surface area contributed by atoms with Gasteiger partial charge in [-0.2, -0.15) is 0 Å². The Labute approximate surface area is 149 Å². The summed E-state index contributed by atoms with van der Waals surface area (Å²) in [5.41, 5.74) is 1.41. The van der Waals surface area contributed by atoms with Gasteiger partial charge in [-0.1, -0.05) is 25.0 Å². The maximum absolute atomic E-state index is 12.8. The lowest BCUT2D eigenvalue weighted by atomic mass is 9.93. The van der Waals surface area contributed by atoms with E-state index in [0.29, 0.717) is 11.5 Å². The van der Waals surface area contributed by atoms with Crippen molar-refractivity contribution in [1.29, 1.82) is 0 Å². The van der Waals surface area contributed by atoms with Crippen LogP contribution in [-0.2, 0) is 11.4 Å². The molecule has 2 aromatic rings. The van der Waals surface area contributed by atoms with Crippen molar-refractivity contribution in [1.82, 2.24) is 5.32 Å². The molecule has 0 spiro atoms.